The van der Waals surface area contributed by atoms with E-state index in [1.165, 1.54) is 35.9 Å². The van der Waals surface area contributed by atoms with Crippen molar-refractivity contribution in [3.05, 3.63) is 34.0 Å². The number of oxime groups is 1. The molecular weight excluding hydrogens is 592 g/mol. The molecule has 2 saturated carbocycles. The van der Waals surface area contributed by atoms with Crippen LogP contribution in [0.15, 0.2) is 33.5 Å². The summed E-state index contributed by atoms with van der Waals surface area (Å²) in [6, 6.07) is -0.951. The fourth-order valence-electron chi connectivity index (χ4n) is 6.55. The van der Waals surface area contributed by atoms with E-state index in [1.807, 2.05) is 4.90 Å². The Morgan fingerprint density at radius 3 is 2.60 bits per heavy atom. The van der Waals surface area contributed by atoms with Gasteiger partial charge < -0.3 is 25.9 Å². The molecule has 0 unspecified atom stereocenters. The van der Waals surface area contributed by atoms with Crippen molar-refractivity contribution in [3.8, 4) is 0 Å². The summed E-state index contributed by atoms with van der Waals surface area (Å²) >= 11 is 2.51. The Labute approximate surface area is 257 Å². The van der Waals surface area contributed by atoms with Crippen molar-refractivity contribution in [2.75, 3.05) is 24.6 Å². The van der Waals surface area contributed by atoms with E-state index in [4.69, 9.17) is 10.6 Å². The number of amides is 3. The number of aromatic nitrogens is 1. The first-order chi connectivity index (χ1) is 20.8. The number of carbonyl (C=O) groups is 4. The zero-order valence-corrected chi connectivity index (χ0v) is 25.5. The second-order valence-corrected chi connectivity index (χ2v) is 13.7. The summed E-state index contributed by atoms with van der Waals surface area (Å²) in [5.41, 5.74) is 6.81. The second-order valence-electron chi connectivity index (χ2n) is 11.7. The zero-order valence-electron chi connectivity index (χ0n) is 23.8. The van der Waals surface area contributed by atoms with E-state index >= 15 is 0 Å². The molecule has 1 aromatic rings. The monoisotopic (exact) mass is 628 g/mol. The lowest BCUT2D eigenvalue weighted by atomic mass is 9.89. The van der Waals surface area contributed by atoms with E-state index in [2.05, 4.69) is 15.5 Å². The van der Waals surface area contributed by atoms with Crippen molar-refractivity contribution in [2.45, 2.75) is 81.7 Å². The molecule has 4 fully saturated rings. The van der Waals surface area contributed by atoms with Gasteiger partial charge in [-0.2, -0.15) is 0 Å². The van der Waals surface area contributed by atoms with Gasteiger partial charge in [-0.15, -0.1) is 23.1 Å². The van der Waals surface area contributed by atoms with Crippen molar-refractivity contribution in [1.29, 1.82) is 0 Å². The molecule has 43 heavy (non-hydrogen) atoms. The second kappa shape index (κ2) is 12.7. The highest BCUT2D eigenvalue weighted by Crippen LogP contribution is 2.41. The first kappa shape index (κ1) is 29.7. The minimum atomic E-state index is -1.25. The van der Waals surface area contributed by atoms with Gasteiger partial charge >= 0.3 is 5.97 Å². The van der Waals surface area contributed by atoms with E-state index in [-0.39, 0.29) is 40.0 Å². The largest absolute Gasteiger partial charge is 0.477 e. The van der Waals surface area contributed by atoms with Gasteiger partial charge in [0.15, 0.2) is 10.8 Å². The van der Waals surface area contributed by atoms with Crippen molar-refractivity contribution in [3.63, 3.8) is 0 Å². The van der Waals surface area contributed by atoms with Crippen LogP contribution in [0.1, 0.15) is 69.9 Å². The lowest BCUT2D eigenvalue weighted by molar-refractivity contribution is -0.150. The van der Waals surface area contributed by atoms with Gasteiger partial charge in [-0.3, -0.25) is 19.3 Å². The van der Waals surface area contributed by atoms with Gasteiger partial charge in [-0.1, -0.05) is 24.4 Å². The fourth-order valence-corrected chi connectivity index (χ4v) is 8.41. The predicted octanol–water partition coefficient (Wildman–Crippen LogP) is 2.87. The molecule has 4 N–H and O–H groups in total. The highest BCUT2D eigenvalue weighted by molar-refractivity contribution is 8.00. The van der Waals surface area contributed by atoms with Crippen molar-refractivity contribution in [1.82, 2.24) is 20.1 Å². The highest BCUT2D eigenvalue weighted by atomic mass is 32.2. The molecule has 1 aromatic heterocycles. The van der Waals surface area contributed by atoms with E-state index in [0.29, 0.717) is 30.0 Å². The van der Waals surface area contributed by atoms with Gasteiger partial charge in [0, 0.05) is 29.8 Å². The van der Waals surface area contributed by atoms with Crippen LogP contribution in [-0.2, 0) is 24.0 Å². The number of β-lactam (4-membered cyclic amide) rings is 1. The number of nitrogens with one attached hydrogen (secondary N) is 1. The normalized spacial score (nSPS) is 26.2. The van der Waals surface area contributed by atoms with Gasteiger partial charge in [0.2, 0.25) is 5.91 Å². The van der Waals surface area contributed by atoms with E-state index in [0.717, 1.165) is 56.4 Å². The van der Waals surface area contributed by atoms with Crippen molar-refractivity contribution in [2.24, 2.45) is 11.1 Å². The quantitative estimate of drug-likeness (QED) is 0.161. The molecule has 6 rings (SSSR count). The number of nitrogens with zero attached hydrogens (tertiary/aromatic N) is 4. The molecule has 2 atom stereocenters. The Hall–Kier alpha value is -3.39. The molecule has 0 radical (unpaired) electrons. The summed E-state index contributed by atoms with van der Waals surface area (Å²) in [6.45, 7) is 1.37. The Balaban J connectivity index is 1.16. The Bertz CT molecular complexity index is 1390. The molecule has 3 amide bonds. The SMILES string of the molecule is Nc1nc(/C(=N/OC2CCCC2)C(=O)N[C@@H]2C(=O)N3C(C(=O)O)=C(/C=C4\CCN(CC5CCCCC5)C4=O)CS[C@H]23)cs1. The summed E-state index contributed by atoms with van der Waals surface area (Å²) in [6.07, 6.45) is 11.8. The number of allylic oxidation sites excluding steroid dienone is 1. The maximum absolute atomic E-state index is 13.3. The zero-order chi connectivity index (χ0) is 30.1. The molecule has 230 valence electrons. The number of nitrogens with two attached hydrogens (primary N) is 1. The van der Waals surface area contributed by atoms with Crippen LogP contribution >= 0.6 is 23.1 Å². The summed E-state index contributed by atoms with van der Waals surface area (Å²) < 4.78 is 0. The number of hydrogen-bond acceptors (Lipinski definition) is 10. The van der Waals surface area contributed by atoms with Gasteiger partial charge in [0.05, 0.1) is 0 Å². The first-order valence-electron chi connectivity index (χ1n) is 15.0. The molecular formula is C29H36N6O6S2. The minimum absolute atomic E-state index is 0.0515. The molecule has 3 aliphatic heterocycles. The number of rotatable bonds is 9. The fraction of sp³-hybridized carbons (Fsp3) is 0.586. The third-order valence-electron chi connectivity index (χ3n) is 8.83. The summed E-state index contributed by atoms with van der Waals surface area (Å²) in [5, 5.41) is 18.2. The van der Waals surface area contributed by atoms with Crippen LogP contribution in [0.5, 0.6) is 0 Å². The molecule has 0 bridgehead atoms. The third kappa shape index (κ3) is 6.17. The number of likely N-dealkylation sites (tertiary alicyclic amines) is 1. The maximum atomic E-state index is 13.3. The number of fused-ring (bicyclic) bond motifs is 1. The van der Waals surface area contributed by atoms with Crippen molar-refractivity contribution < 1.29 is 29.1 Å². The van der Waals surface area contributed by atoms with Crippen LogP contribution in [0.3, 0.4) is 0 Å². The molecule has 2 aliphatic carbocycles. The topological polar surface area (TPSA) is 168 Å². The van der Waals surface area contributed by atoms with Gasteiger partial charge in [-0.05, 0) is 62.5 Å². The molecule has 4 heterocycles. The van der Waals surface area contributed by atoms with Gasteiger partial charge in [0.1, 0.15) is 28.9 Å². The van der Waals surface area contributed by atoms with Crippen LogP contribution in [0.25, 0.3) is 0 Å². The Morgan fingerprint density at radius 1 is 1.16 bits per heavy atom. The third-order valence-corrected chi connectivity index (χ3v) is 10.8. The molecule has 0 aromatic carbocycles. The number of aliphatic carboxylic acids is 1. The predicted molar refractivity (Wildman–Crippen MR) is 162 cm³/mol. The Kier molecular flexibility index (Phi) is 8.75. The number of hydrogen-bond donors (Lipinski definition) is 3. The van der Waals surface area contributed by atoms with Crippen LogP contribution in [0, 0.1) is 5.92 Å². The number of carboxylic acids is 1. The lowest BCUT2D eigenvalue weighted by Gasteiger charge is -2.49. The number of carboxylic acid groups (broad SMARTS) is 1. The summed E-state index contributed by atoms with van der Waals surface area (Å²) in [5.74, 6) is -1.67. The molecule has 14 heteroatoms. The molecule has 0 spiro atoms. The molecule has 12 nitrogen and oxygen atoms in total. The summed E-state index contributed by atoms with van der Waals surface area (Å²) in [4.78, 5) is 65.1. The number of nitrogen functional groups attached to an aromatic ring is 1. The van der Waals surface area contributed by atoms with Gasteiger partial charge in [-0.25, -0.2) is 9.78 Å². The van der Waals surface area contributed by atoms with Crippen LogP contribution in [0.2, 0.25) is 0 Å². The average Bonchev–Trinajstić information content (AvgIpc) is 3.75. The number of anilines is 1. The minimum Gasteiger partial charge on any atom is -0.477 e. The summed E-state index contributed by atoms with van der Waals surface area (Å²) in [7, 11) is 0. The lowest BCUT2D eigenvalue weighted by Crippen LogP contribution is -2.71. The van der Waals surface area contributed by atoms with Gasteiger partial charge in [0.25, 0.3) is 11.8 Å². The molecule has 2 saturated heterocycles. The van der Waals surface area contributed by atoms with E-state index < -0.39 is 29.2 Å². The van der Waals surface area contributed by atoms with Crippen molar-refractivity contribution >= 4 is 57.6 Å². The maximum Gasteiger partial charge on any atom is 0.352 e. The van der Waals surface area contributed by atoms with Crippen LogP contribution in [0.4, 0.5) is 5.13 Å². The molecule has 5 aliphatic rings. The average molecular weight is 629 g/mol. The van der Waals surface area contributed by atoms with E-state index in [9.17, 15) is 24.3 Å². The number of carbonyl (C=O) groups excluding carboxylic acids is 3. The Morgan fingerprint density at radius 2 is 1.91 bits per heavy atom. The number of thioether (sulfide) groups is 1. The number of thiazole rings is 1. The standard InChI is InChI=1S/C29H36N6O6S2/c30-29-31-20(15-43-29)21(33-41-19-8-4-5-9-19)24(36)32-22-26(38)35-23(28(39)40)18(14-42-27(22)35)12-17-10-11-34(25(17)37)13-16-6-2-1-3-7-16/h12,15-16,19,22,27H,1-11,13-14H2,(H2,30,31)(H,32,36)(H,39,40)/b17-12+,33-21-/t22-,27-/m1/s1. The van der Waals surface area contributed by atoms with Crippen LogP contribution in [-0.4, -0.2) is 85.7 Å². The van der Waals surface area contributed by atoms with Crippen LogP contribution < -0.4 is 11.1 Å². The smallest absolute Gasteiger partial charge is 0.352 e. The first-order valence-corrected chi connectivity index (χ1v) is 16.9. The van der Waals surface area contributed by atoms with E-state index in [1.54, 1.807) is 11.5 Å². The highest BCUT2D eigenvalue weighted by Gasteiger charge is 2.54.